The second kappa shape index (κ2) is 6.07. The van der Waals surface area contributed by atoms with Crippen LogP contribution in [0, 0.1) is 0 Å². The van der Waals surface area contributed by atoms with Gasteiger partial charge < -0.3 is 25.4 Å². The van der Waals surface area contributed by atoms with Crippen LogP contribution >= 0.6 is 7.60 Å². The molecule has 0 amide bonds. The smallest absolute Gasteiger partial charge is 0.350 e. The third kappa shape index (κ3) is 4.94. The van der Waals surface area contributed by atoms with Gasteiger partial charge >= 0.3 is 7.60 Å². The Bertz CT molecular complexity index is 498. The lowest BCUT2D eigenvalue weighted by Gasteiger charge is -2.16. The molecule has 0 radical (unpaired) electrons. The average molecular weight is 279 g/mol. The lowest BCUT2D eigenvalue weighted by Crippen LogP contribution is -2.31. The van der Waals surface area contributed by atoms with Crippen molar-refractivity contribution in [2.45, 2.75) is 12.6 Å². The zero-order valence-electron chi connectivity index (χ0n) is 9.34. The van der Waals surface area contributed by atoms with Gasteiger partial charge in [0.2, 0.25) is 0 Å². The van der Waals surface area contributed by atoms with E-state index in [-0.39, 0.29) is 12.4 Å². The predicted octanol–water partition coefficient (Wildman–Crippen LogP) is -1.66. The Balaban J connectivity index is 2.68. The fourth-order valence-electron chi connectivity index (χ4n) is 1.16. The molecule has 1 heterocycles. The van der Waals surface area contributed by atoms with E-state index >= 15 is 0 Å². The molecule has 0 spiro atoms. The van der Waals surface area contributed by atoms with Gasteiger partial charge in [-0.25, -0.2) is 4.98 Å². The molecule has 5 N–H and O–H groups in total. The molecule has 10 heteroatoms. The fraction of sp³-hybridized carbons (Fsp3) is 0.500. The highest BCUT2D eigenvalue weighted by Gasteiger charge is 2.18. The van der Waals surface area contributed by atoms with Gasteiger partial charge in [0.1, 0.15) is 12.2 Å². The van der Waals surface area contributed by atoms with Crippen molar-refractivity contribution in [3.05, 3.63) is 22.7 Å². The number of nitrogens with zero attached hydrogens (tertiary/aromatic N) is 2. The number of hydrogen-bond acceptors (Lipinski definition) is 6. The minimum atomic E-state index is -4.31. The van der Waals surface area contributed by atoms with Crippen molar-refractivity contribution in [1.82, 2.24) is 9.55 Å². The van der Waals surface area contributed by atoms with Crippen LogP contribution in [0.15, 0.2) is 17.2 Å². The third-order valence-corrected chi connectivity index (χ3v) is 2.47. The Morgan fingerprint density at radius 1 is 1.56 bits per heavy atom. The van der Waals surface area contributed by atoms with Crippen molar-refractivity contribution in [1.29, 1.82) is 0 Å². The average Bonchev–Trinajstić information content (AvgIpc) is 2.25. The summed E-state index contributed by atoms with van der Waals surface area (Å²) in [6.45, 7) is -0.570. The van der Waals surface area contributed by atoms with Crippen LogP contribution in [0.2, 0.25) is 0 Å². The minimum absolute atomic E-state index is 0.0629. The summed E-state index contributed by atoms with van der Waals surface area (Å²) < 4.78 is 16.5. The Kier molecular flexibility index (Phi) is 5.00. The van der Waals surface area contributed by atoms with E-state index in [4.69, 9.17) is 25.4 Å². The number of aromatic nitrogens is 2. The molecule has 9 nitrogen and oxygen atoms in total. The van der Waals surface area contributed by atoms with Gasteiger partial charge in [-0.05, 0) is 0 Å². The Morgan fingerprint density at radius 2 is 2.22 bits per heavy atom. The number of aliphatic hydroxyl groups excluding tert-OH is 1. The monoisotopic (exact) mass is 279 g/mol. The topological polar surface area (TPSA) is 148 Å². The van der Waals surface area contributed by atoms with Crippen molar-refractivity contribution in [3.63, 3.8) is 0 Å². The molecule has 0 aliphatic carbocycles. The quantitative estimate of drug-likeness (QED) is 0.452. The first kappa shape index (κ1) is 14.8. The fourth-order valence-corrected chi connectivity index (χ4v) is 1.57. The molecule has 1 aromatic heterocycles. The minimum Gasteiger partial charge on any atom is -0.394 e. The molecule has 0 aromatic carbocycles. The molecule has 1 atom stereocenters. The number of anilines is 1. The van der Waals surface area contributed by atoms with E-state index < -0.39 is 32.2 Å². The van der Waals surface area contributed by atoms with Gasteiger partial charge in [-0.2, -0.15) is 0 Å². The Labute approximate surface area is 102 Å². The number of rotatable bonds is 6. The van der Waals surface area contributed by atoms with Gasteiger partial charge in [-0.3, -0.25) is 13.9 Å². The maximum Gasteiger partial charge on any atom is 0.350 e. The van der Waals surface area contributed by atoms with Gasteiger partial charge in [0.05, 0.1) is 25.6 Å². The molecular weight excluding hydrogens is 265 g/mol. The summed E-state index contributed by atoms with van der Waals surface area (Å²) >= 11 is 0. The summed E-state index contributed by atoms with van der Waals surface area (Å²) in [5.74, 6) is 0.0629. The lowest BCUT2D eigenvalue weighted by atomic mass is 10.3. The highest BCUT2D eigenvalue weighted by atomic mass is 31.2. The summed E-state index contributed by atoms with van der Waals surface area (Å²) in [6.07, 6.45) is -0.572. The molecule has 0 saturated heterocycles. The highest BCUT2D eigenvalue weighted by Crippen LogP contribution is 2.34. The van der Waals surface area contributed by atoms with Gasteiger partial charge in [0, 0.05) is 6.07 Å². The van der Waals surface area contributed by atoms with Crippen LogP contribution in [-0.4, -0.2) is 43.5 Å². The van der Waals surface area contributed by atoms with E-state index in [0.717, 1.165) is 10.6 Å². The molecule has 18 heavy (non-hydrogen) atoms. The second-order valence-corrected chi connectivity index (χ2v) is 5.16. The SMILES string of the molecule is Nc1cc(=O)n(CC(CO)OCP(=O)(O)O)cn1. The molecule has 0 aliphatic rings. The number of nitrogen functional groups attached to an aromatic ring is 1. The summed E-state index contributed by atoms with van der Waals surface area (Å²) in [4.78, 5) is 32.4. The van der Waals surface area contributed by atoms with Crippen molar-refractivity contribution < 1.29 is 24.2 Å². The first-order chi connectivity index (χ1) is 8.31. The molecule has 102 valence electrons. The molecule has 1 rings (SSSR count). The van der Waals surface area contributed by atoms with Crippen LogP contribution in [0.3, 0.4) is 0 Å². The third-order valence-electron chi connectivity index (χ3n) is 1.98. The molecular formula is C8H14N3O6P. The molecule has 1 aromatic rings. The maximum absolute atomic E-state index is 11.4. The molecule has 0 aliphatic heterocycles. The van der Waals surface area contributed by atoms with Crippen LogP contribution in [0.1, 0.15) is 0 Å². The van der Waals surface area contributed by atoms with E-state index in [2.05, 4.69) is 4.98 Å². The molecule has 0 saturated carbocycles. The molecule has 1 unspecified atom stereocenters. The van der Waals surface area contributed by atoms with E-state index in [1.165, 1.54) is 6.33 Å². The van der Waals surface area contributed by atoms with E-state index in [9.17, 15) is 9.36 Å². The normalized spacial score (nSPS) is 13.5. The van der Waals surface area contributed by atoms with Crippen molar-refractivity contribution in [2.75, 3.05) is 18.7 Å². The molecule has 0 fully saturated rings. The zero-order valence-corrected chi connectivity index (χ0v) is 10.2. The number of aliphatic hydroxyl groups is 1. The van der Waals surface area contributed by atoms with Crippen LogP contribution in [0.5, 0.6) is 0 Å². The Morgan fingerprint density at radius 3 is 2.72 bits per heavy atom. The van der Waals surface area contributed by atoms with Gasteiger partial charge in [0.25, 0.3) is 5.56 Å². The van der Waals surface area contributed by atoms with E-state index in [1.807, 2.05) is 0 Å². The van der Waals surface area contributed by atoms with Crippen molar-refractivity contribution >= 4 is 13.4 Å². The predicted molar refractivity (Wildman–Crippen MR) is 61.8 cm³/mol. The van der Waals surface area contributed by atoms with Crippen LogP contribution in [0.25, 0.3) is 0 Å². The lowest BCUT2D eigenvalue weighted by molar-refractivity contribution is 0.0189. The van der Waals surface area contributed by atoms with Gasteiger partial charge in [0.15, 0.2) is 0 Å². The number of nitrogens with two attached hydrogens (primary N) is 1. The largest absolute Gasteiger partial charge is 0.394 e. The number of hydrogen-bond donors (Lipinski definition) is 4. The van der Waals surface area contributed by atoms with Crippen molar-refractivity contribution in [3.8, 4) is 0 Å². The van der Waals surface area contributed by atoms with Gasteiger partial charge in [-0.1, -0.05) is 0 Å². The Hall–Kier alpha value is -1.25. The summed E-state index contributed by atoms with van der Waals surface area (Å²) in [5.41, 5.74) is 4.85. The van der Waals surface area contributed by atoms with Crippen LogP contribution in [-0.2, 0) is 15.8 Å². The first-order valence-corrected chi connectivity index (χ1v) is 6.70. The van der Waals surface area contributed by atoms with E-state index in [1.54, 1.807) is 0 Å². The zero-order chi connectivity index (χ0) is 13.8. The highest BCUT2D eigenvalue weighted by molar-refractivity contribution is 7.51. The van der Waals surface area contributed by atoms with Crippen LogP contribution < -0.4 is 11.3 Å². The standard InChI is InChI=1S/C8H14N3O6P/c9-7-1-8(13)11(4-10-7)2-6(3-12)17-5-18(14,15)16/h1,4,6,12H,2-3,5,9H2,(H2,14,15,16). The first-order valence-electron chi connectivity index (χ1n) is 4.91. The summed E-state index contributed by atoms with van der Waals surface area (Å²) in [6, 6.07) is 1.09. The van der Waals surface area contributed by atoms with Gasteiger partial charge in [-0.15, -0.1) is 0 Å². The van der Waals surface area contributed by atoms with E-state index in [0.29, 0.717) is 0 Å². The summed E-state index contributed by atoms with van der Waals surface area (Å²) in [7, 11) is -4.31. The molecule has 0 bridgehead atoms. The van der Waals surface area contributed by atoms with Crippen molar-refractivity contribution in [2.24, 2.45) is 0 Å². The summed E-state index contributed by atoms with van der Waals surface area (Å²) in [5, 5.41) is 8.99. The second-order valence-electron chi connectivity index (χ2n) is 3.57. The number of ether oxygens (including phenoxy) is 1. The maximum atomic E-state index is 11.4. The van der Waals surface area contributed by atoms with Crippen LogP contribution in [0.4, 0.5) is 5.82 Å².